The van der Waals surface area contributed by atoms with E-state index in [0.29, 0.717) is 22.5 Å². The number of carbonyl (C=O) groups excluding carboxylic acids is 1. The number of aromatic nitrogens is 3. The van der Waals surface area contributed by atoms with Crippen molar-refractivity contribution in [3.8, 4) is 23.3 Å². The maximum absolute atomic E-state index is 12.6. The van der Waals surface area contributed by atoms with E-state index in [-0.39, 0.29) is 38.6 Å². The quantitative estimate of drug-likeness (QED) is 0.267. The van der Waals surface area contributed by atoms with Crippen LogP contribution in [0.1, 0.15) is 16.8 Å². The van der Waals surface area contributed by atoms with E-state index in [9.17, 15) is 23.7 Å². The number of nitrogens with zero attached hydrogens (tertiary/aromatic N) is 5. The largest absolute Gasteiger partial charge is 0.383 e. The Balaban J connectivity index is 1.45. The van der Waals surface area contributed by atoms with Crippen LogP contribution in [0.2, 0.25) is 0 Å². The monoisotopic (exact) mass is 562 g/mol. The number of rotatable bonds is 8. The molecule has 38 heavy (non-hydrogen) atoms. The number of aryl methyl sites for hydroxylation is 1. The Bertz CT molecular complexity index is 1690. The predicted molar refractivity (Wildman–Crippen MR) is 145 cm³/mol. The van der Waals surface area contributed by atoms with Gasteiger partial charge in [-0.15, -0.1) is 0 Å². The molecular weight excluding hydrogens is 545 g/mol. The van der Waals surface area contributed by atoms with E-state index in [1.165, 1.54) is 41.8 Å². The molecule has 0 aliphatic heterocycles. The summed E-state index contributed by atoms with van der Waals surface area (Å²) in [6, 6.07) is 13.1. The summed E-state index contributed by atoms with van der Waals surface area (Å²) in [5.41, 5.74) is 8.27. The van der Waals surface area contributed by atoms with Gasteiger partial charge in [0, 0.05) is 23.1 Å². The van der Waals surface area contributed by atoms with Crippen LogP contribution in [-0.4, -0.2) is 35.0 Å². The van der Waals surface area contributed by atoms with Crippen LogP contribution in [0.15, 0.2) is 63.3 Å². The maximum atomic E-state index is 12.6. The number of nitrogens with two attached hydrogens (primary N) is 1. The number of pyridine rings is 1. The number of nitrogens with one attached hydrogen (secondary N) is 2. The Labute approximate surface area is 226 Å². The van der Waals surface area contributed by atoms with Crippen LogP contribution in [0.3, 0.4) is 0 Å². The summed E-state index contributed by atoms with van der Waals surface area (Å²) in [6.07, 6.45) is 1.45. The molecular formula is C24H18N8O3S3. The fraction of sp³-hybridized carbons (Fsp3) is 0.0833. The van der Waals surface area contributed by atoms with E-state index >= 15 is 0 Å². The lowest BCUT2D eigenvalue weighted by molar-refractivity contribution is -0.113. The van der Waals surface area contributed by atoms with Gasteiger partial charge in [-0.1, -0.05) is 11.8 Å². The maximum Gasteiger partial charge on any atom is 0.264 e. The number of thioether (sulfide) groups is 1. The second kappa shape index (κ2) is 11.3. The number of anilines is 3. The molecule has 0 spiro atoms. The molecule has 0 saturated carbocycles. The summed E-state index contributed by atoms with van der Waals surface area (Å²) in [7, 11) is -3.93. The minimum Gasteiger partial charge on any atom is -0.383 e. The molecule has 0 saturated heterocycles. The van der Waals surface area contributed by atoms with E-state index in [4.69, 9.17) is 5.73 Å². The summed E-state index contributed by atoms with van der Waals surface area (Å²) in [6.45, 7) is 1.71. The van der Waals surface area contributed by atoms with Gasteiger partial charge in [0.05, 0.1) is 16.2 Å². The first-order chi connectivity index (χ1) is 18.2. The Hall–Kier alpha value is -4.50. The van der Waals surface area contributed by atoms with Crippen LogP contribution in [0.25, 0.3) is 11.1 Å². The number of thiophene rings is 1. The zero-order valence-corrected chi connectivity index (χ0v) is 22.1. The van der Waals surface area contributed by atoms with Crippen molar-refractivity contribution in [3.05, 3.63) is 70.2 Å². The number of amides is 1. The lowest BCUT2D eigenvalue weighted by atomic mass is 9.99. The normalized spacial score (nSPS) is 10.8. The summed E-state index contributed by atoms with van der Waals surface area (Å²) >= 11 is 2.41. The van der Waals surface area contributed by atoms with Crippen molar-refractivity contribution in [1.82, 2.24) is 15.0 Å². The van der Waals surface area contributed by atoms with Crippen molar-refractivity contribution in [2.75, 3.05) is 21.5 Å². The summed E-state index contributed by atoms with van der Waals surface area (Å²) in [5, 5.41) is 25.9. The molecule has 0 radical (unpaired) electrons. The van der Waals surface area contributed by atoms with Crippen molar-refractivity contribution in [3.63, 3.8) is 0 Å². The minimum atomic E-state index is -3.93. The fourth-order valence-corrected chi connectivity index (χ4v) is 5.72. The summed E-state index contributed by atoms with van der Waals surface area (Å²) < 4.78 is 27.5. The third-order valence-electron chi connectivity index (χ3n) is 5.03. The third kappa shape index (κ3) is 5.90. The van der Waals surface area contributed by atoms with Crippen molar-refractivity contribution in [2.45, 2.75) is 16.8 Å². The topological polar surface area (TPSA) is 188 Å². The van der Waals surface area contributed by atoms with Crippen LogP contribution >= 0.6 is 23.1 Å². The molecule has 4 aromatic rings. The number of nitrogen functional groups attached to an aromatic ring is 1. The van der Waals surface area contributed by atoms with E-state index in [1.54, 1.807) is 24.4 Å². The molecule has 11 nitrogen and oxygen atoms in total. The van der Waals surface area contributed by atoms with Gasteiger partial charge in [-0.2, -0.15) is 21.9 Å². The number of carbonyl (C=O) groups is 1. The summed E-state index contributed by atoms with van der Waals surface area (Å²) in [4.78, 5) is 24.6. The Morgan fingerprint density at radius 3 is 2.47 bits per heavy atom. The molecule has 14 heteroatoms. The second-order valence-corrected chi connectivity index (χ2v) is 11.1. The molecule has 0 fully saturated rings. The average Bonchev–Trinajstić information content (AvgIpc) is 3.42. The Morgan fingerprint density at radius 2 is 1.84 bits per heavy atom. The number of hydrogen-bond acceptors (Lipinski definition) is 11. The van der Waals surface area contributed by atoms with Gasteiger partial charge in [-0.25, -0.2) is 28.1 Å². The highest BCUT2D eigenvalue weighted by molar-refractivity contribution is 8.00. The van der Waals surface area contributed by atoms with Crippen LogP contribution in [0, 0.1) is 29.6 Å². The first-order valence-corrected chi connectivity index (χ1v) is 14.1. The molecule has 4 rings (SSSR count). The van der Waals surface area contributed by atoms with Crippen molar-refractivity contribution in [1.29, 1.82) is 10.5 Å². The third-order valence-corrected chi connectivity index (χ3v) is 8.04. The van der Waals surface area contributed by atoms with Gasteiger partial charge in [0.1, 0.15) is 28.5 Å². The summed E-state index contributed by atoms with van der Waals surface area (Å²) in [5.74, 6) is -0.599. The molecule has 0 atom stereocenters. The fourth-order valence-electron chi connectivity index (χ4n) is 3.32. The first-order valence-electron chi connectivity index (χ1n) is 10.7. The van der Waals surface area contributed by atoms with E-state index in [1.807, 2.05) is 11.4 Å². The molecule has 0 unspecified atom stereocenters. The highest BCUT2D eigenvalue weighted by atomic mass is 32.2. The van der Waals surface area contributed by atoms with Gasteiger partial charge in [0.25, 0.3) is 10.0 Å². The van der Waals surface area contributed by atoms with Gasteiger partial charge in [0.2, 0.25) is 11.9 Å². The Kier molecular flexibility index (Phi) is 7.87. The van der Waals surface area contributed by atoms with Crippen LogP contribution < -0.4 is 15.8 Å². The van der Waals surface area contributed by atoms with E-state index < -0.39 is 15.9 Å². The predicted octanol–water partition coefficient (Wildman–Crippen LogP) is 3.77. The first kappa shape index (κ1) is 26.6. The molecule has 1 aromatic carbocycles. The molecule has 0 aliphatic carbocycles. The van der Waals surface area contributed by atoms with Gasteiger partial charge >= 0.3 is 0 Å². The molecule has 3 aromatic heterocycles. The zero-order chi connectivity index (χ0) is 27.3. The van der Waals surface area contributed by atoms with Crippen molar-refractivity contribution < 1.29 is 13.2 Å². The van der Waals surface area contributed by atoms with Crippen LogP contribution in [0.4, 0.5) is 17.5 Å². The lowest BCUT2D eigenvalue weighted by Crippen LogP contribution is -2.16. The van der Waals surface area contributed by atoms with Crippen LogP contribution in [0.5, 0.6) is 0 Å². The van der Waals surface area contributed by atoms with Crippen molar-refractivity contribution in [2.24, 2.45) is 0 Å². The van der Waals surface area contributed by atoms with E-state index in [2.05, 4.69) is 31.1 Å². The zero-order valence-electron chi connectivity index (χ0n) is 19.7. The number of nitriles is 2. The average molecular weight is 563 g/mol. The SMILES string of the molecule is Cc1ccnc(NS(=O)(=O)c2ccc(NC(=O)CSc3nc(N)c(C#N)c(-c4ccsc4)c3C#N)cc2)n1. The second-order valence-electron chi connectivity index (χ2n) is 7.65. The van der Waals surface area contributed by atoms with Gasteiger partial charge < -0.3 is 11.1 Å². The molecule has 1 amide bonds. The van der Waals surface area contributed by atoms with Gasteiger partial charge in [-0.05, 0) is 59.6 Å². The number of hydrogen-bond donors (Lipinski definition) is 3. The molecule has 0 bridgehead atoms. The number of benzene rings is 1. The standard InChI is InChI=1S/C24H18N8O3S3/c1-14-6-8-28-24(29-14)32-38(34,35)17-4-2-16(3-5-17)30-20(33)13-37-23-19(11-26)21(15-7-9-36-12-15)18(10-25)22(27)31-23/h2-9,12H,13H2,1H3,(H2,27,31)(H,30,33)(H,28,29,32). The molecule has 190 valence electrons. The molecule has 3 heterocycles. The molecule has 0 aliphatic rings. The Morgan fingerprint density at radius 1 is 1.11 bits per heavy atom. The van der Waals surface area contributed by atoms with E-state index in [0.717, 1.165) is 11.8 Å². The van der Waals surface area contributed by atoms with Crippen molar-refractivity contribution >= 4 is 56.5 Å². The smallest absolute Gasteiger partial charge is 0.264 e. The molecule has 4 N–H and O–H groups in total. The van der Waals surface area contributed by atoms with Gasteiger partial charge in [0.15, 0.2) is 0 Å². The highest BCUT2D eigenvalue weighted by Gasteiger charge is 2.21. The lowest BCUT2D eigenvalue weighted by Gasteiger charge is -2.12. The highest BCUT2D eigenvalue weighted by Crippen LogP contribution is 2.36. The van der Waals surface area contributed by atoms with Crippen LogP contribution in [-0.2, 0) is 14.8 Å². The minimum absolute atomic E-state index is 0.0305. The van der Waals surface area contributed by atoms with Gasteiger partial charge in [-0.3, -0.25) is 4.79 Å². The number of sulfonamides is 1.